The standard InChI is InChI=1S/C21H32N4O2/c1-16-14-19(25(23-16)21(2,3)4)22-20(26)15-24(5)13-7-8-17-9-11-18(27-6)12-10-17/h9-12,14H,7-8,13,15H2,1-6H3,(H,22,26). The van der Waals surface area contributed by atoms with E-state index in [9.17, 15) is 4.79 Å². The highest BCUT2D eigenvalue weighted by molar-refractivity contribution is 5.91. The van der Waals surface area contributed by atoms with Crippen LogP contribution >= 0.6 is 0 Å². The first-order valence-electron chi connectivity index (χ1n) is 9.37. The number of aryl methyl sites for hydroxylation is 2. The number of amides is 1. The first-order chi connectivity index (χ1) is 12.7. The van der Waals surface area contributed by atoms with Crippen LogP contribution in [0, 0.1) is 6.92 Å². The largest absolute Gasteiger partial charge is 0.497 e. The number of rotatable bonds is 8. The monoisotopic (exact) mass is 372 g/mol. The number of likely N-dealkylation sites (N-methyl/N-ethyl adjacent to an activating group) is 1. The van der Waals surface area contributed by atoms with Crippen LogP contribution < -0.4 is 10.1 Å². The van der Waals surface area contributed by atoms with Crippen LogP contribution in [-0.4, -0.2) is 47.8 Å². The van der Waals surface area contributed by atoms with Crippen molar-refractivity contribution in [2.24, 2.45) is 0 Å². The van der Waals surface area contributed by atoms with Gasteiger partial charge in [0.05, 0.1) is 24.9 Å². The Bertz CT molecular complexity index is 745. The second kappa shape index (κ2) is 9.04. The van der Waals surface area contributed by atoms with Crippen LogP contribution in [0.3, 0.4) is 0 Å². The molecular weight excluding hydrogens is 340 g/mol. The molecule has 0 spiro atoms. The summed E-state index contributed by atoms with van der Waals surface area (Å²) in [5.41, 5.74) is 1.99. The van der Waals surface area contributed by atoms with Gasteiger partial charge in [0, 0.05) is 6.07 Å². The van der Waals surface area contributed by atoms with Gasteiger partial charge in [-0.15, -0.1) is 0 Å². The summed E-state index contributed by atoms with van der Waals surface area (Å²) in [6, 6.07) is 10.0. The van der Waals surface area contributed by atoms with Crippen molar-refractivity contribution in [2.75, 3.05) is 32.6 Å². The van der Waals surface area contributed by atoms with Crippen molar-refractivity contribution in [1.29, 1.82) is 0 Å². The normalized spacial score (nSPS) is 11.7. The third-order valence-electron chi connectivity index (χ3n) is 4.31. The van der Waals surface area contributed by atoms with Gasteiger partial charge in [0.15, 0.2) is 0 Å². The summed E-state index contributed by atoms with van der Waals surface area (Å²) in [6.45, 7) is 9.36. The molecule has 0 atom stereocenters. The van der Waals surface area contributed by atoms with Crippen LogP contribution in [0.4, 0.5) is 5.82 Å². The Morgan fingerprint density at radius 1 is 1.26 bits per heavy atom. The van der Waals surface area contributed by atoms with E-state index < -0.39 is 0 Å². The van der Waals surface area contributed by atoms with E-state index in [0.29, 0.717) is 6.54 Å². The van der Waals surface area contributed by atoms with Crippen molar-refractivity contribution in [2.45, 2.75) is 46.1 Å². The Hall–Kier alpha value is -2.34. The summed E-state index contributed by atoms with van der Waals surface area (Å²) in [7, 11) is 3.64. The fourth-order valence-corrected chi connectivity index (χ4v) is 2.95. The van der Waals surface area contributed by atoms with Crippen LogP contribution in [0.1, 0.15) is 38.4 Å². The van der Waals surface area contributed by atoms with Gasteiger partial charge in [-0.2, -0.15) is 5.10 Å². The minimum atomic E-state index is -0.179. The molecule has 6 nitrogen and oxygen atoms in total. The highest BCUT2D eigenvalue weighted by Gasteiger charge is 2.20. The lowest BCUT2D eigenvalue weighted by Crippen LogP contribution is -2.33. The van der Waals surface area contributed by atoms with Crippen molar-refractivity contribution in [3.05, 3.63) is 41.6 Å². The first-order valence-corrected chi connectivity index (χ1v) is 9.37. The summed E-state index contributed by atoms with van der Waals surface area (Å²) in [5, 5.41) is 7.48. The van der Waals surface area contributed by atoms with Crippen LogP contribution in [0.2, 0.25) is 0 Å². The summed E-state index contributed by atoms with van der Waals surface area (Å²) in [5.74, 6) is 1.60. The number of ether oxygens (including phenoxy) is 1. The highest BCUT2D eigenvalue weighted by atomic mass is 16.5. The van der Waals surface area contributed by atoms with Crippen LogP contribution in [0.25, 0.3) is 0 Å². The number of nitrogens with zero attached hydrogens (tertiary/aromatic N) is 3. The highest BCUT2D eigenvalue weighted by Crippen LogP contribution is 2.21. The van der Waals surface area contributed by atoms with Crippen molar-refractivity contribution in [3.8, 4) is 5.75 Å². The van der Waals surface area contributed by atoms with Gasteiger partial charge in [0.25, 0.3) is 0 Å². The average Bonchev–Trinajstić information content (AvgIpc) is 2.96. The number of carbonyl (C=O) groups excluding carboxylic acids is 1. The Morgan fingerprint density at radius 3 is 2.52 bits per heavy atom. The molecule has 6 heteroatoms. The fourth-order valence-electron chi connectivity index (χ4n) is 2.95. The predicted octanol–water partition coefficient (Wildman–Crippen LogP) is 3.46. The molecule has 1 N–H and O–H groups in total. The molecule has 1 aromatic heterocycles. The lowest BCUT2D eigenvalue weighted by Gasteiger charge is -2.23. The molecule has 0 aliphatic heterocycles. The summed E-state index contributed by atoms with van der Waals surface area (Å²) in [6.07, 6.45) is 1.97. The molecule has 1 heterocycles. The smallest absolute Gasteiger partial charge is 0.239 e. The van der Waals surface area contributed by atoms with Gasteiger partial charge < -0.3 is 10.1 Å². The first kappa shape index (κ1) is 21.0. The Balaban J connectivity index is 1.80. The minimum absolute atomic E-state index is 0.0210. The van der Waals surface area contributed by atoms with E-state index in [1.165, 1.54) is 5.56 Å². The van der Waals surface area contributed by atoms with Crippen molar-refractivity contribution in [1.82, 2.24) is 14.7 Å². The zero-order chi connectivity index (χ0) is 20.0. The Kier molecular flexibility index (Phi) is 7.02. The minimum Gasteiger partial charge on any atom is -0.497 e. The molecule has 0 saturated carbocycles. The molecule has 2 rings (SSSR count). The molecule has 148 valence electrons. The van der Waals surface area contributed by atoms with Gasteiger partial charge in [0.2, 0.25) is 5.91 Å². The van der Waals surface area contributed by atoms with Crippen molar-refractivity contribution >= 4 is 11.7 Å². The molecule has 2 aromatic rings. The van der Waals surface area contributed by atoms with Crippen LogP contribution in [0.5, 0.6) is 5.75 Å². The number of aromatic nitrogens is 2. The third kappa shape index (κ3) is 6.40. The molecule has 0 unspecified atom stereocenters. The van der Waals surface area contributed by atoms with E-state index in [1.54, 1.807) is 7.11 Å². The molecular formula is C21H32N4O2. The molecule has 0 aliphatic carbocycles. The van der Waals surface area contributed by atoms with E-state index >= 15 is 0 Å². The molecule has 1 amide bonds. The topological polar surface area (TPSA) is 59.4 Å². The van der Waals surface area contributed by atoms with E-state index in [4.69, 9.17) is 4.74 Å². The van der Waals surface area contributed by atoms with E-state index in [0.717, 1.165) is 36.6 Å². The van der Waals surface area contributed by atoms with Crippen LogP contribution in [0.15, 0.2) is 30.3 Å². The number of methoxy groups -OCH3 is 1. The molecule has 1 aromatic carbocycles. The number of benzene rings is 1. The van der Waals surface area contributed by atoms with Gasteiger partial charge in [-0.1, -0.05) is 12.1 Å². The maximum atomic E-state index is 12.4. The summed E-state index contributed by atoms with van der Waals surface area (Å²) in [4.78, 5) is 14.5. The van der Waals surface area contributed by atoms with Crippen LogP contribution in [-0.2, 0) is 16.8 Å². The van der Waals surface area contributed by atoms with Crippen molar-refractivity contribution in [3.63, 3.8) is 0 Å². The lowest BCUT2D eigenvalue weighted by atomic mass is 10.1. The Morgan fingerprint density at radius 2 is 1.93 bits per heavy atom. The number of hydrogen-bond donors (Lipinski definition) is 1. The van der Waals surface area contributed by atoms with E-state index in [-0.39, 0.29) is 11.4 Å². The number of nitrogens with one attached hydrogen (secondary N) is 1. The van der Waals surface area contributed by atoms with Gasteiger partial charge in [-0.3, -0.25) is 9.69 Å². The van der Waals surface area contributed by atoms with Gasteiger partial charge >= 0.3 is 0 Å². The maximum absolute atomic E-state index is 12.4. The number of carbonyl (C=O) groups is 1. The SMILES string of the molecule is COc1ccc(CCCN(C)CC(=O)Nc2cc(C)nn2C(C)(C)C)cc1. The third-order valence-corrected chi connectivity index (χ3v) is 4.31. The molecule has 0 radical (unpaired) electrons. The maximum Gasteiger partial charge on any atom is 0.239 e. The molecule has 0 bridgehead atoms. The molecule has 0 fully saturated rings. The van der Waals surface area contributed by atoms with Gasteiger partial charge in [-0.25, -0.2) is 4.68 Å². The average molecular weight is 373 g/mol. The second-order valence-corrected chi connectivity index (χ2v) is 7.99. The molecule has 27 heavy (non-hydrogen) atoms. The summed E-state index contributed by atoms with van der Waals surface area (Å²) < 4.78 is 7.04. The van der Waals surface area contributed by atoms with Gasteiger partial charge in [0.1, 0.15) is 11.6 Å². The zero-order valence-corrected chi connectivity index (χ0v) is 17.4. The molecule has 0 saturated heterocycles. The summed E-state index contributed by atoms with van der Waals surface area (Å²) >= 11 is 0. The molecule has 0 aliphatic rings. The van der Waals surface area contributed by atoms with E-state index in [2.05, 4.69) is 43.3 Å². The predicted molar refractivity (Wildman–Crippen MR) is 109 cm³/mol. The number of anilines is 1. The van der Waals surface area contributed by atoms with Crippen molar-refractivity contribution < 1.29 is 9.53 Å². The lowest BCUT2D eigenvalue weighted by molar-refractivity contribution is -0.117. The van der Waals surface area contributed by atoms with Gasteiger partial charge in [-0.05, 0) is 71.8 Å². The van der Waals surface area contributed by atoms with E-state index in [1.807, 2.05) is 41.8 Å². The fraction of sp³-hybridized carbons (Fsp3) is 0.524. The zero-order valence-electron chi connectivity index (χ0n) is 17.4. The number of hydrogen-bond acceptors (Lipinski definition) is 4. The quantitative estimate of drug-likeness (QED) is 0.771. The second-order valence-electron chi connectivity index (χ2n) is 7.99. The Labute approximate surface area is 162 Å².